The molecular weight excluding hydrogens is 496 g/mol. The van der Waals surface area contributed by atoms with Gasteiger partial charge in [-0.2, -0.15) is 0 Å². The van der Waals surface area contributed by atoms with Crippen molar-refractivity contribution in [3.05, 3.63) is 78.9 Å². The molecule has 1 aliphatic heterocycles. The fourth-order valence-electron chi connectivity index (χ4n) is 4.43. The van der Waals surface area contributed by atoms with Gasteiger partial charge < -0.3 is 24.0 Å². The summed E-state index contributed by atoms with van der Waals surface area (Å²) >= 11 is -2.86. The van der Waals surface area contributed by atoms with Gasteiger partial charge in [0.1, 0.15) is 11.5 Å². The Labute approximate surface area is 217 Å². The van der Waals surface area contributed by atoms with E-state index in [9.17, 15) is 23.5 Å². The first kappa shape index (κ1) is 26.2. The van der Waals surface area contributed by atoms with E-state index < -0.39 is 22.8 Å². The number of amides is 1. The highest BCUT2D eigenvalue weighted by Crippen LogP contribution is 2.36. The number of piperidine rings is 1. The monoisotopic (exact) mass is 523 g/mol. The number of para-hydroxylation sites is 1. The minimum Gasteiger partial charge on any atom is -0.755 e. The molecule has 0 bridgehead atoms. The molecular formula is C27H27N2O7S-. The number of likely N-dealkylation sites (tertiary alicyclic amines) is 1. The van der Waals surface area contributed by atoms with Crippen molar-refractivity contribution in [3.63, 3.8) is 0 Å². The van der Waals surface area contributed by atoms with E-state index in [1.807, 2.05) is 30.3 Å². The van der Waals surface area contributed by atoms with Crippen LogP contribution >= 0.6 is 0 Å². The van der Waals surface area contributed by atoms with E-state index in [1.165, 1.54) is 4.90 Å². The smallest absolute Gasteiger partial charge is 0.330 e. The maximum absolute atomic E-state index is 12.6. The van der Waals surface area contributed by atoms with Crippen LogP contribution in [-0.4, -0.2) is 63.0 Å². The van der Waals surface area contributed by atoms with Crippen LogP contribution in [-0.2, 0) is 20.9 Å². The molecule has 194 valence electrons. The maximum atomic E-state index is 12.6. The van der Waals surface area contributed by atoms with Crippen molar-refractivity contribution >= 4 is 28.8 Å². The molecule has 1 aliphatic rings. The number of nitrogens with zero attached hydrogens (tertiary/aromatic N) is 2. The van der Waals surface area contributed by atoms with Crippen LogP contribution in [0.15, 0.2) is 78.9 Å². The number of carboxylic acid groups (broad SMARTS) is 1. The van der Waals surface area contributed by atoms with Gasteiger partial charge in [0.15, 0.2) is 12.1 Å². The zero-order chi connectivity index (χ0) is 26.4. The molecule has 1 N–H and O–H groups in total. The minimum atomic E-state index is -2.86. The number of carbonyl (C=O) groups is 2. The van der Waals surface area contributed by atoms with Crippen molar-refractivity contribution in [1.82, 2.24) is 4.90 Å². The Morgan fingerprint density at radius 2 is 1.51 bits per heavy atom. The lowest BCUT2D eigenvalue weighted by atomic mass is 9.86. The fourth-order valence-corrected chi connectivity index (χ4v) is 5.27. The molecule has 0 saturated carbocycles. The van der Waals surface area contributed by atoms with E-state index in [0.717, 1.165) is 15.4 Å². The van der Waals surface area contributed by atoms with E-state index in [2.05, 4.69) is 0 Å². The molecule has 0 aliphatic carbocycles. The predicted molar refractivity (Wildman–Crippen MR) is 138 cm³/mol. The summed E-state index contributed by atoms with van der Waals surface area (Å²) in [5.74, 6) is -0.281. The van der Waals surface area contributed by atoms with Crippen LogP contribution in [0.4, 0.5) is 5.69 Å². The summed E-state index contributed by atoms with van der Waals surface area (Å²) in [4.78, 5) is 26.6. The minimum absolute atomic E-state index is 0.0619. The van der Waals surface area contributed by atoms with Crippen LogP contribution in [0.2, 0.25) is 0 Å². The molecule has 1 heterocycles. The molecule has 9 nitrogen and oxygen atoms in total. The van der Waals surface area contributed by atoms with Gasteiger partial charge in [-0.3, -0.25) is 13.3 Å². The highest BCUT2D eigenvalue weighted by molar-refractivity contribution is 7.80. The van der Waals surface area contributed by atoms with E-state index in [0.29, 0.717) is 11.5 Å². The first-order chi connectivity index (χ1) is 17.8. The third kappa shape index (κ3) is 5.76. The first-order valence-corrected chi connectivity index (χ1v) is 12.7. The van der Waals surface area contributed by atoms with Crippen LogP contribution in [0.1, 0.15) is 12.8 Å². The van der Waals surface area contributed by atoms with Gasteiger partial charge in [-0.15, -0.1) is 0 Å². The molecule has 37 heavy (non-hydrogen) atoms. The number of carboxylic acids is 1. The number of hydrogen-bond acceptors (Lipinski definition) is 6. The van der Waals surface area contributed by atoms with Gasteiger partial charge in [0.25, 0.3) is 5.91 Å². The van der Waals surface area contributed by atoms with Crippen molar-refractivity contribution in [2.24, 2.45) is 0 Å². The summed E-state index contributed by atoms with van der Waals surface area (Å²) < 4.78 is 36.3. The Balaban J connectivity index is 1.49. The highest BCUT2D eigenvalue weighted by Gasteiger charge is 2.48. The number of benzene rings is 3. The average Bonchev–Trinajstić information content (AvgIpc) is 2.93. The van der Waals surface area contributed by atoms with Gasteiger partial charge in [0.2, 0.25) is 0 Å². The molecule has 1 atom stereocenters. The fraction of sp³-hybridized carbons (Fsp3) is 0.259. The number of methoxy groups -OCH3 is 1. The highest BCUT2D eigenvalue weighted by atomic mass is 32.2. The van der Waals surface area contributed by atoms with Crippen molar-refractivity contribution in [2.45, 2.75) is 18.4 Å². The number of ether oxygens (including phenoxy) is 2. The molecule has 1 amide bonds. The largest absolute Gasteiger partial charge is 0.755 e. The summed E-state index contributed by atoms with van der Waals surface area (Å²) in [6.45, 7) is -0.0179. The van der Waals surface area contributed by atoms with E-state index in [1.54, 1.807) is 55.6 Å². The predicted octanol–water partition coefficient (Wildman–Crippen LogP) is 3.49. The van der Waals surface area contributed by atoms with Crippen LogP contribution in [0.25, 0.3) is 11.1 Å². The number of hydrogen-bond donors (Lipinski definition) is 1. The Kier molecular flexibility index (Phi) is 8.10. The van der Waals surface area contributed by atoms with Crippen LogP contribution in [0.5, 0.6) is 11.5 Å². The molecule has 0 radical (unpaired) electrons. The van der Waals surface area contributed by atoms with Crippen LogP contribution < -0.4 is 13.8 Å². The third-order valence-electron chi connectivity index (χ3n) is 6.51. The van der Waals surface area contributed by atoms with Gasteiger partial charge >= 0.3 is 5.97 Å². The zero-order valence-electron chi connectivity index (χ0n) is 20.2. The topological polar surface area (TPSA) is 119 Å². The Bertz CT molecular complexity index is 1240. The lowest BCUT2D eigenvalue weighted by Crippen LogP contribution is -2.61. The molecule has 4 rings (SSSR count). The molecule has 0 aromatic heterocycles. The average molecular weight is 524 g/mol. The third-order valence-corrected chi connectivity index (χ3v) is 7.37. The molecule has 10 heteroatoms. The summed E-state index contributed by atoms with van der Waals surface area (Å²) in [6.07, 6.45) is -0.124. The van der Waals surface area contributed by atoms with Gasteiger partial charge in [0, 0.05) is 30.0 Å². The van der Waals surface area contributed by atoms with Gasteiger partial charge in [-0.1, -0.05) is 42.5 Å². The van der Waals surface area contributed by atoms with Crippen molar-refractivity contribution in [1.29, 1.82) is 0 Å². The SMILES string of the molecule is COc1ccc(-c2ccc(N(S(=O)[O-])C3(C(=O)O)CCN(C(=O)COc4ccccc4)CC3)cc2)cc1. The van der Waals surface area contributed by atoms with Crippen LogP contribution in [0.3, 0.4) is 0 Å². The van der Waals surface area contributed by atoms with E-state index in [-0.39, 0.29) is 44.1 Å². The molecule has 0 spiro atoms. The first-order valence-electron chi connectivity index (χ1n) is 11.7. The Morgan fingerprint density at radius 1 is 0.946 bits per heavy atom. The summed E-state index contributed by atoms with van der Waals surface area (Å²) in [6, 6.07) is 23.0. The second kappa shape index (κ2) is 11.4. The lowest BCUT2D eigenvalue weighted by Gasteiger charge is -2.47. The summed E-state index contributed by atoms with van der Waals surface area (Å²) in [5.41, 5.74) is 0.261. The van der Waals surface area contributed by atoms with Gasteiger partial charge in [-0.25, -0.2) is 4.79 Å². The van der Waals surface area contributed by atoms with Crippen molar-refractivity contribution in [2.75, 3.05) is 31.1 Å². The molecule has 1 fully saturated rings. The number of carbonyl (C=O) groups excluding carboxylic acids is 1. The Morgan fingerprint density at radius 3 is 2.03 bits per heavy atom. The number of anilines is 1. The Hall–Kier alpha value is -3.89. The second-order valence-corrected chi connectivity index (χ2v) is 9.41. The molecule has 3 aromatic carbocycles. The normalized spacial score (nSPS) is 15.5. The zero-order valence-corrected chi connectivity index (χ0v) is 21.1. The van der Waals surface area contributed by atoms with E-state index in [4.69, 9.17) is 9.47 Å². The number of aliphatic carboxylic acids is 1. The molecule has 1 saturated heterocycles. The van der Waals surface area contributed by atoms with Crippen molar-refractivity contribution in [3.8, 4) is 22.6 Å². The summed E-state index contributed by atoms with van der Waals surface area (Å²) in [5, 5.41) is 10.2. The quantitative estimate of drug-likeness (QED) is 0.427. The van der Waals surface area contributed by atoms with Gasteiger partial charge in [-0.05, 0) is 60.4 Å². The second-order valence-electron chi connectivity index (χ2n) is 8.61. The summed E-state index contributed by atoms with van der Waals surface area (Å²) in [7, 11) is 1.58. The maximum Gasteiger partial charge on any atom is 0.330 e. The molecule has 3 aromatic rings. The lowest BCUT2D eigenvalue weighted by molar-refractivity contribution is -0.147. The standard InChI is InChI=1S/C27H28N2O7S/c1-35-23-13-9-21(10-14-23)20-7-11-22(12-8-20)29(37(33)34)27(26(31)32)15-17-28(18-16-27)25(30)19-36-24-5-3-2-4-6-24/h2-14H,15-19H2,1H3,(H,31,32)(H,33,34)/p-1. The van der Waals surface area contributed by atoms with Crippen molar-refractivity contribution < 1.29 is 32.9 Å². The molecule has 1 unspecified atom stereocenters. The van der Waals surface area contributed by atoms with E-state index >= 15 is 0 Å². The van der Waals surface area contributed by atoms with Gasteiger partial charge in [0.05, 0.1) is 7.11 Å². The number of rotatable bonds is 9. The van der Waals surface area contributed by atoms with Crippen LogP contribution in [0, 0.1) is 0 Å².